The van der Waals surface area contributed by atoms with Crippen molar-refractivity contribution >= 4 is 16.8 Å². The summed E-state index contributed by atoms with van der Waals surface area (Å²) in [6.45, 7) is 2.46. The third-order valence-corrected chi connectivity index (χ3v) is 4.27. The predicted octanol–water partition coefficient (Wildman–Crippen LogP) is 2.00. The lowest BCUT2D eigenvalue weighted by molar-refractivity contribution is 0.238. The smallest absolute Gasteiger partial charge is 0.315 e. The van der Waals surface area contributed by atoms with Crippen LogP contribution in [0.25, 0.3) is 5.69 Å². The molecule has 2 atom stereocenters. The van der Waals surface area contributed by atoms with Crippen molar-refractivity contribution in [3.8, 4) is 5.69 Å². The summed E-state index contributed by atoms with van der Waals surface area (Å²) in [4.78, 5) is 11.8. The molecule has 0 radical (unpaired) electrons. The van der Waals surface area contributed by atoms with Crippen LogP contribution in [-0.4, -0.2) is 38.6 Å². The fourth-order valence-corrected chi connectivity index (χ4v) is 2.70. The molecule has 0 fully saturated rings. The van der Waals surface area contributed by atoms with Crippen molar-refractivity contribution in [1.29, 1.82) is 0 Å². The molecule has 0 bridgehead atoms. The first-order valence-corrected chi connectivity index (χ1v) is 9.23. The summed E-state index contributed by atoms with van der Waals surface area (Å²) in [5, 5.41) is 9.84. The van der Waals surface area contributed by atoms with E-state index in [4.69, 9.17) is 0 Å². The first-order chi connectivity index (χ1) is 11.1. The van der Waals surface area contributed by atoms with Gasteiger partial charge in [-0.15, -0.1) is 0 Å². The van der Waals surface area contributed by atoms with E-state index in [1.54, 1.807) is 17.1 Å². The van der Waals surface area contributed by atoms with Crippen molar-refractivity contribution in [2.75, 3.05) is 18.6 Å². The molecule has 0 unspecified atom stereocenters. The van der Waals surface area contributed by atoms with Crippen LogP contribution in [0.15, 0.2) is 42.7 Å². The van der Waals surface area contributed by atoms with Crippen molar-refractivity contribution in [2.24, 2.45) is 0 Å². The Kier molecular flexibility index (Phi) is 6.34. The summed E-state index contributed by atoms with van der Waals surface area (Å²) in [5.41, 5.74) is 1.99. The van der Waals surface area contributed by atoms with E-state index in [9.17, 15) is 9.00 Å². The molecule has 7 heteroatoms. The van der Waals surface area contributed by atoms with E-state index >= 15 is 0 Å². The molecular formula is C16H22N4O2S. The number of urea groups is 1. The van der Waals surface area contributed by atoms with Crippen LogP contribution in [0.4, 0.5) is 4.79 Å². The first kappa shape index (κ1) is 17.2. The number of carbonyl (C=O) groups excluding carboxylic acids is 1. The Morgan fingerprint density at radius 1 is 1.35 bits per heavy atom. The number of hydrogen-bond donors (Lipinski definition) is 2. The molecule has 2 amide bonds. The average Bonchev–Trinajstić information content (AvgIpc) is 3.06. The molecule has 0 saturated carbocycles. The summed E-state index contributed by atoms with van der Waals surface area (Å²) in [5.74, 6) is 0.602. The van der Waals surface area contributed by atoms with E-state index in [1.165, 1.54) is 0 Å². The largest absolute Gasteiger partial charge is 0.338 e. The molecule has 1 aromatic heterocycles. The number of aromatic nitrogens is 2. The lowest BCUT2D eigenvalue weighted by Crippen LogP contribution is -2.37. The van der Waals surface area contributed by atoms with Crippen LogP contribution in [0.3, 0.4) is 0 Å². The number of amides is 2. The van der Waals surface area contributed by atoms with Crippen LogP contribution in [0.2, 0.25) is 0 Å². The van der Waals surface area contributed by atoms with Crippen LogP contribution >= 0.6 is 0 Å². The summed E-state index contributed by atoms with van der Waals surface area (Å²) in [6.07, 6.45) is 5.99. The molecule has 1 aromatic carbocycles. The maximum Gasteiger partial charge on any atom is 0.315 e. The van der Waals surface area contributed by atoms with Gasteiger partial charge in [-0.25, -0.2) is 9.48 Å². The Labute approximate surface area is 138 Å². The van der Waals surface area contributed by atoms with Gasteiger partial charge in [-0.2, -0.15) is 5.10 Å². The Hall–Kier alpha value is -2.15. The van der Waals surface area contributed by atoms with Gasteiger partial charge in [0.1, 0.15) is 0 Å². The van der Waals surface area contributed by atoms with Crippen molar-refractivity contribution in [2.45, 2.75) is 19.4 Å². The van der Waals surface area contributed by atoms with Gasteiger partial charge in [-0.05, 0) is 37.1 Å². The minimum absolute atomic E-state index is 0.0954. The molecule has 2 aromatic rings. The summed E-state index contributed by atoms with van der Waals surface area (Å²) in [7, 11) is -0.815. The van der Waals surface area contributed by atoms with Gasteiger partial charge >= 0.3 is 6.03 Å². The number of carbonyl (C=O) groups is 1. The van der Waals surface area contributed by atoms with E-state index in [-0.39, 0.29) is 12.1 Å². The molecule has 0 spiro atoms. The zero-order valence-corrected chi connectivity index (χ0v) is 14.2. The molecule has 23 heavy (non-hydrogen) atoms. The number of nitrogens with zero attached hydrogens (tertiary/aromatic N) is 2. The third-order valence-electron chi connectivity index (χ3n) is 3.40. The van der Waals surface area contributed by atoms with E-state index in [2.05, 4.69) is 15.7 Å². The zero-order chi connectivity index (χ0) is 16.7. The molecule has 124 valence electrons. The Balaban J connectivity index is 1.82. The maximum atomic E-state index is 11.8. The molecule has 2 N–H and O–H groups in total. The second kappa shape index (κ2) is 8.47. The highest BCUT2D eigenvalue weighted by atomic mass is 32.2. The van der Waals surface area contributed by atoms with Crippen molar-refractivity contribution < 1.29 is 9.00 Å². The molecule has 0 aliphatic carbocycles. The molecule has 0 aliphatic heterocycles. The first-order valence-electron chi connectivity index (χ1n) is 7.50. The van der Waals surface area contributed by atoms with Gasteiger partial charge in [0.15, 0.2) is 0 Å². The highest BCUT2D eigenvalue weighted by Crippen LogP contribution is 2.15. The van der Waals surface area contributed by atoms with Gasteiger partial charge < -0.3 is 10.6 Å². The number of nitrogens with one attached hydrogen (secondary N) is 2. The minimum atomic E-state index is -0.815. The molecule has 0 saturated heterocycles. The number of rotatable bonds is 7. The van der Waals surface area contributed by atoms with E-state index < -0.39 is 10.8 Å². The third kappa shape index (κ3) is 5.52. The van der Waals surface area contributed by atoms with Gasteiger partial charge in [0, 0.05) is 41.7 Å². The quantitative estimate of drug-likeness (QED) is 0.761. The van der Waals surface area contributed by atoms with Crippen molar-refractivity contribution in [3.63, 3.8) is 0 Å². The second-order valence-corrected chi connectivity index (χ2v) is 6.85. The molecular weight excluding hydrogens is 312 g/mol. The maximum absolute atomic E-state index is 11.8. The number of benzene rings is 1. The highest BCUT2D eigenvalue weighted by molar-refractivity contribution is 7.84. The van der Waals surface area contributed by atoms with Crippen LogP contribution in [0.1, 0.15) is 24.9 Å². The Bertz CT molecular complexity index is 641. The summed E-state index contributed by atoms with van der Waals surface area (Å²) < 4.78 is 12.7. The average molecular weight is 334 g/mol. The van der Waals surface area contributed by atoms with Gasteiger partial charge in [-0.1, -0.05) is 12.1 Å². The van der Waals surface area contributed by atoms with Crippen molar-refractivity contribution in [3.05, 3.63) is 48.3 Å². The van der Waals surface area contributed by atoms with Gasteiger partial charge in [0.2, 0.25) is 0 Å². The van der Waals surface area contributed by atoms with E-state index in [0.29, 0.717) is 18.7 Å². The monoisotopic (exact) mass is 334 g/mol. The summed E-state index contributed by atoms with van der Waals surface area (Å²) >= 11 is 0. The lowest BCUT2D eigenvalue weighted by atomic mass is 10.1. The van der Waals surface area contributed by atoms with Crippen LogP contribution in [0.5, 0.6) is 0 Å². The summed E-state index contributed by atoms with van der Waals surface area (Å²) in [6, 6.07) is 9.45. The molecule has 1 heterocycles. The van der Waals surface area contributed by atoms with Crippen molar-refractivity contribution in [1.82, 2.24) is 20.4 Å². The lowest BCUT2D eigenvalue weighted by Gasteiger charge is -2.15. The normalized spacial score (nSPS) is 13.3. The highest BCUT2D eigenvalue weighted by Gasteiger charge is 2.09. The Morgan fingerprint density at radius 2 is 2.09 bits per heavy atom. The van der Waals surface area contributed by atoms with Gasteiger partial charge in [-0.3, -0.25) is 4.21 Å². The SMILES string of the molecule is C[C@H](NC(=O)NCCC[S@@](C)=O)c1ccc(-n2cccn2)cc1. The van der Waals surface area contributed by atoms with Gasteiger partial charge in [0.05, 0.1) is 11.7 Å². The second-order valence-electron chi connectivity index (χ2n) is 5.29. The van der Waals surface area contributed by atoms with Crippen LogP contribution < -0.4 is 10.6 Å². The molecule has 6 nitrogen and oxygen atoms in total. The predicted molar refractivity (Wildman–Crippen MR) is 92.1 cm³/mol. The number of hydrogen-bond acceptors (Lipinski definition) is 3. The molecule has 2 rings (SSSR count). The van der Waals surface area contributed by atoms with Crippen LogP contribution in [-0.2, 0) is 10.8 Å². The van der Waals surface area contributed by atoms with E-state index in [1.807, 2.05) is 43.5 Å². The Morgan fingerprint density at radius 3 is 2.70 bits per heavy atom. The fourth-order valence-electron chi connectivity index (χ4n) is 2.15. The zero-order valence-electron chi connectivity index (χ0n) is 13.4. The molecule has 0 aliphatic rings. The standard InChI is InChI=1S/C16H22N4O2S/c1-13(19-16(21)17-9-4-12-23(2)22)14-5-7-15(8-6-14)20-11-3-10-18-20/h3,5-8,10-11,13H,4,9,12H2,1-2H3,(H2,17,19,21)/t13-,23+/m0/s1. The minimum Gasteiger partial charge on any atom is -0.338 e. The topological polar surface area (TPSA) is 76.0 Å². The van der Waals surface area contributed by atoms with E-state index in [0.717, 1.165) is 11.3 Å². The van der Waals surface area contributed by atoms with Crippen LogP contribution in [0, 0.1) is 0 Å². The van der Waals surface area contributed by atoms with Gasteiger partial charge in [0.25, 0.3) is 0 Å². The fraction of sp³-hybridized carbons (Fsp3) is 0.375.